The largest absolute Gasteiger partial charge is 0.275 e. The van der Waals surface area contributed by atoms with Crippen LogP contribution in [0.2, 0.25) is 0 Å². The van der Waals surface area contributed by atoms with Crippen LogP contribution in [0.5, 0.6) is 0 Å². The van der Waals surface area contributed by atoms with Crippen LogP contribution in [0.25, 0.3) is 0 Å². The van der Waals surface area contributed by atoms with E-state index in [2.05, 4.69) is 74.4 Å². The first-order valence-electron chi connectivity index (χ1n) is 8.86. The second kappa shape index (κ2) is 6.85. The van der Waals surface area contributed by atoms with Crippen molar-refractivity contribution in [3.05, 3.63) is 38.9 Å². The minimum absolute atomic E-state index is 0.0180. The van der Waals surface area contributed by atoms with Crippen molar-refractivity contribution in [2.24, 2.45) is 16.2 Å². The maximum Gasteiger partial charge on any atom is 0.275 e. The number of hydrogen-bond acceptors (Lipinski definition) is 2. The molecule has 136 valence electrons. The third-order valence-corrected chi connectivity index (χ3v) is 3.69. The molecule has 0 aliphatic carbocycles. The highest BCUT2D eigenvalue weighted by Gasteiger charge is 2.28. The summed E-state index contributed by atoms with van der Waals surface area (Å²) in [5.74, 6) is 0. The van der Waals surface area contributed by atoms with Crippen molar-refractivity contribution in [1.82, 2.24) is 0 Å². The van der Waals surface area contributed by atoms with Gasteiger partial charge in [0, 0.05) is 11.1 Å². The lowest BCUT2D eigenvalue weighted by Gasteiger charge is -2.24. The summed E-state index contributed by atoms with van der Waals surface area (Å²) < 4.78 is 0. The van der Waals surface area contributed by atoms with E-state index in [0.29, 0.717) is 5.69 Å². The SMILES string of the molecule is CC(C)(C)Cc1cc(CC(C)(C)C)c([N+](=O)[O-])c(CC(C)(C)C)c1. The summed E-state index contributed by atoms with van der Waals surface area (Å²) in [6.45, 7) is 19.4. The lowest BCUT2D eigenvalue weighted by Crippen LogP contribution is -2.17. The van der Waals surface area contributed by atoms with E-state index < -0.39 is 0 Å². The summed E-state index contributed by atoms with van der Waals surface area (Å²) in [6, 6.07) is 4.14. The van der Waals surface area contributed by atoms with Crippen molar-refractivity contribution in [3.63, 3.8) is 0 Å². The van der Waals surface area contributed by atoms with Gasteiger partial charge >= 0.3 is 0 Å². The highest BCUT2D eigenvalue weighted by molar-refractivity contribution is 5.51. The van der Waals surface area contributed by atoms with E-state index in [1.807, 2.05) is 0 Å². The van der Waals surface area contributed by atoms with Gasteiger partial charge in [0.1, 0.15) is 0 Å². The maximum absolute atomic E-state index is 11.8. The van der Waals surface area contributed by atoms with Crippen LogP contribution in [0.3, 0.4) is 0 Å². The van der Waals surface area contributed by atoms with E-state index in [1.54, 1.807) is 0 Å². The molecule has 0 bridgehead atoms. The zero-order valence-corrected chi connectivity index (χ0v) is 17.0. The molecule has 0 amide bonds. The molecule has 3 nitrogen and oxygen atoms in total. The molecule has 0 heterocycles. The van der Waals surface area contributed by atoms with Crippen molar-refractivity contribution in [1.29, 1.82) is 0 Å². The Labute approximate surface area is 148 Å². The third-order valence-electron chi connectivity index (χ3n) is 3.69. The minimum atomic E-state index is -0.178. The summed E-state index contributed by atoms with van der Waals surface area (Å²) in [5.41, 5.74) is 3.51. The van der Waals surface area contributed by atoms with Crippen LogP contribution in [0.15, 0.2) is 12.1 Å². The van der Waals surface area contributed by atoms with Crippen LogP contribution >= 0.6 is 0 Å². The predicted molar refractivity (Wildman–Crippen MR) is 103 cm³/mol. The molecule has 1 aromatic rings. The number of nitro benzene ring substituents is 1. The summed E-state index contributed by atoms with van der Waals surface area (Å²) in [5, 5.41) is 11.8. The molecule has 0 unspecified atom stereocenters. The smallest absolute Gasteiger partial charge is 0.258 e. The summed E-state index contributed by atoms with van der Waals surface area (Å²) in [6.07, 6.45) is 2.37. The van der Waals surface area contributed by atoms with E-state index in [0.717, 1.165) is 30.4 Å². The summed E-state index contributed by atoms with van der Waals surface area (Å²) in [7, 11) is 0. The summed E-state index contributed by atoms with van der Waals surface area (Å²) >= 11 is 0. The van der Waals surface area contributed by atoms with Crippen LogP contribution in [-0.4, -0.2) is 4.92 Å². The van der Waals surface area contributed by atoms with E-state index >= 15 is 0 Å². The van der Waals surface area contributed by atoms with Crippen LogP contribution in [0, 0.1) is 26.4 Å². The topological polar surface area (TPSA) is 43.1 Å². The Morgan fingerprint density at radius 3 is 1.33 bits per heavy atom. The highest BCUT2D eigenvalue weighted by Crippen LogP contribution is 2.36. The molecule has 3 heteroatoms. The third kappa shape index (κ3) is 7.02. The van der Waals surface area contributed by atoms with Crippen LogP contribution in [0.1, 0.15) is 79.0 Å². The first-order valence-corrected chi connectivity index (χ1v) is 8.86. The second-order valence-corrected chi connectivity index (χ2v) is 10.7. The lowest BCUT2D eigenvalue weighted by atomic mass is 9.80. The number of rotatable bonds is 4. The Bertz CT molecular complexity index is 559. The molecular formula is C21H35NO2. The lowest BCUT2D eigenvalue weighted by molar-refractivity contribution is -0.386. The van der Waals surface area contributed by atoms with E-state index in [-0.39, 0.29) is 21.2 Å². The molecule has 0 atom stereocenters. The Kier molecular flexibility index (Phi) is 5.90. The Morgan fingerprint density at radius 2 is 1.08 bits per heavy atom. The molecule has 1 aromatic carbocycles. The number of nitrogens with zero attached hydrogens (tertiary/aromatic N) is 1. The second-order valence-electron chi connectivity index (χ2n) is 10.7. The monoisotopic (exact) mass is 333 g/mol. The molecule has 1 rings (SSSR count). The molecule has 0 aliphatic rings. The number of nitro groups is 1. The van der Waals surface area contributed by atoms with E-state index in [1.165, 1.54) is 5.56 Å². The first kappa shape index (κ1) is 20.7. The molecule has 0 N–H and O–H groups in total. The Hall–Kier alpha value is -1.38. The fourth-order valence-corrected chi connectivity index (χ4v) is 3.19. The average Bonchev–Trinajstić information content (AvgIpc) is 2.19. The molecule has 0 fully saturated rings. The van der Waals surface area contributed by atoms with Crippen LogP contribution < -0.4 is 0 Å². The standard InChI is InChI=1S/C21H35NO2/c1-19(2,3)12-15-10-16(13-20(4,5)6)18(22(23)24)17(11-15)14-21(7,8)9/h10-11H,12-14H2,1-9H3. The van der Waals surface area contributed by atoms with Gasteiger partial charge in [-0.25, -0.2) is 0 Å². The van der Waals surface area contributed by atoms with E-state index in [9.17, 15) is 10.1 Å². The summed E-state index contributed by atoms with van der Waals surface area (Å²) in [4.78, 5) is 11.6. The maximum atomic E-state index is 11.8. The molecular weight excluding hydrogens is 298 g/mol. The van der Waals surface area contributed by atoms with Crippen molar-refractivity contribution in [3.8, 4) is 0 Å². The molecule has 0 aromatic heterocycles. The predicted octanol–water partition coefficient (Wildman–Crippen LogP) is 6.36. The van der Waals surface area contributed by atoms with Gasteiger partial charge in [-0.2, -0.15) is 0 Å². The van der Waals surface area contributed by atoms with E-state index in [4.69, 9.17) is 0 Å². The van der Waals surface area contributed by atoms with Crippen LogP contribution in [0.4, 0.5) is 5.69 Å². The average molecular weight is 334 g/mol. The Balaban J connectivity index is 3.54. The molecule has 0 saturated carbocycles. The fraction of sp³-hybridized carbons (Fsp3) is 0.714. The zero-order chi connectivity index (χ0) is 18.9. The molecule has 24 heavy (non-hydrogen) atoms. The quantitative estimate of drug-likeness (QED) is 0.475. The van der Waals surface area contributed by atoms with Gasteiger partial charge < -0.3 is 0 Å². The van der Waals surface area contributed by atoms with Crippen molar-refractivity contribution < 1.29 is 4.92 Å². The van der Waals surface area contributed by atoms with Gasteiger partial charge in [-0.15, -0.1) is 0 Å². The Morgan fingerprint density at radius 1 is 0.750 bits per heavy atom. The van der Waals surface area contributed by atoms with Gasteiger partial charge in [-0.3, -0.25) is 10.1 Å². The zero-order valence-electron chi connectivity index (χ0n) is 17.0. The van der Waals surface area contributed by atoms with Crippen LogP contribution in [-0.2, 0) is 19.3 Å². The van der Waals surface area contributed by atoms with Gasteiger partial charge in [-0.1, -0.05) is 62.3 Å². The number of hydrogen-bond donors (Lipinski definition) is 0. The normalized spacial score (nSPS) is 13.2. The highest BCUT2D eigenvalue weighted by atomic mass is 16.6. The minimum Gasteiger partial charge on any atom is -0.258 e. The van der Waals surface area contributed by atoms with Gasteiger partial charge in [0.2, 0.25) is 0 Å². The number of benzene rings is 1. The first-order chi connectivity index (χ1) is 10.6. The van der Waals surface area contributed by atoms with Crippen molar-refractivity contribution >= 4 is 5.69 Å². The van der Waals surface area contributed by atoms with Gasteiger partial charge in [0.05, 0.1) is 4.92 Å². The molecule has 0 spiro atoms. The van der Waals surface area contributed by atoms with Gasteiger partial charge in [-0.05, 0) is 53.2 Å². The van der Waals surface area contributed by atoms with Crippen molar-refractivity contribution in [2.45, 2.75) is 81.6 Å². The van der Waals surface area contributed by atoms with Gasteiger partial charge in [0.25, 0.3) is 5.69 Å². The van der Waals surface area contributed by atoms with Crippen molar-refractivity contribution in [2.75, 3.05) is 0 Å². The van der Waals surface area contributed by atoms with Gasteiger partial charge in [0.15, 0.2) is 0 Å². The fourth-order valence-electron chi connectivity index (χ4n) is 3.19. The molecule has 0 aliphatic heterocycles. The molecule has 0 saturated heterocycles. The molecule has 0 radical (unpaired) electrons.